The van der Waals surface area contributed by atoms with E-state index in [1.54, 1.807) is 0 Å². The van der Waals surface area contributed by atoms with Gasteiger partial charge in [-0.25, -0.2) is 4.79 Å². The van der Waals surface area contributed by atoms with Gasteiger partial charge in [0.05, 0.1) is 27.8 Å². The second-order valence-electron chi connectivity index (χ2n) is 18.6. The summed E-state index contributed by atoms with van der Waals surface area (Å²) in [7, 11) is 0. The van der Waals surface area contributed by atoms with E-state index in [4.69, 9.17) is 37.9 Å². The van der Waals surface area contributed by atoms with E-state index in [-0.39, 0.29) is 102 Å². The van der Waals surface area contributed by atoms with E-state index < -0.39 is 108 Å². The van der Waals surface area contributed by atoms with Gasteiger partial charge in [-0.2, -0.15) is 0 Å². The van der Waals surface area contributed by atoms with Crippen molar-refractivity contribution >= 4 is 77.4 Å². The van der Waals surface area contributed by atoms with Gasteiger partial charge in [-0.05, 0) is 79.1 Å². The predicted molar refractivity (Wildman–Crippen MR) is 298 cm³/mol. The summed E-state index contributed by atoms with van der Waals surface area (Å²) in [6.07, 6.45) is -0.164. The SMILES string of the molecule is CC(=O)Oc1cccc(C(=O)NCCCN(CCN(CCCN(Cc2ccc(C(=O)O)cc2)C(=O)c2cccc(OC(C)=O)c2OC(C)=O)C(=O)c2cccc(OC(C)=O)c2OC(C)=O)C(=O)c2cccc(OC(C)=O)c2OC(C)=O)c1OC(C)=O. The Hall–Kier alpha value is -10.8. The molecule has 4 amide bonds. The number of carboxylic acid groups (broad SMARTS) is 1. The zero-order valence-electron chi connectivity index (χ0n) is 48.0. The lowest BCUT2D eigenvalue weighted by atomic mass is 10.1. The van der Waals surface area contributed by atoms with Crippen LogP contribution in [0.25, 0.3) is 0 Å². The van der Waals surface area contributed by atoms with E-state index in [9.17, 15) is 62.6 Å². The van der Waals surface area contributed by atoms with E-state index in [2.05, 4.69) is 5.32 Å². The number of esters is 8. The van der Waals surface area contributed by atoms with Crippen molar-refractivity contribution < 1.29 is 105 Å². The number of benzene rings is 5. The first-order valence-corrected chi connectivity index (χ1v) is 26.2. The second kappa shape index (κ2) is 31.0. The molecular weight excluding hydrogens is 1130 g/mol. The van der Waals surface area contributed by atoms with Crippen molar-refractivity contribution in [2.24, 2.45) is 0 Å². The first-order valence-electron chi connectivity index (χ1n) is 26.2. The number of hydrogen-bond donors (Lipinski definition) is 2. The average molecular weight is 1190 g/mol. The summed E-state index contributed by atoms with van der Waals surface area (Å²) in [6.45, 7) is 6.59. The third-order valence-electron chi connectivity index (χ3n) is 11.7. The topological polar surface area (TPSA) is 338 Å². The Morgan fingerprint density at radius 2 is 0.663 bits per heavy atom. The van der Waals surface area contributed by atoms with Gasteiger partial charge in [-0.3, -0.25) is 57.5 Å². The summed E-state index contributed by atoms with van der Waals surface area (Å²) in [5.41, 5.74) is -0.677. The Morgan fingerprint density at radius 3 is 1.00 bits per heavy atom. The number of nitrogens with zero attached hydrogens (tertiary/aromatic N) is 3. The molecule has 2 N–H and O–H groups in total. The molecule has 5 aromatic carbocycles. The third kappa shape index (κ3) is 19.1. The maximum atomic E-state index is 15.1. The van der Waals surface area contributed by atoms with E-state index in [1.807, 2.05) is 0 Å². The van der Waals surface area contributed by atoms with Gasteiger partial charge in [0.2, 0.25) is 0 Å². The molecule has 5 rings (SSSR count). The van der Waals surface area contributed by atoms with Gasteiger partial charge >= 0.3 is 53.7 Å². The van der Waals surface area contributed by atoms with Gasteiger partial charge in [0.1, 0.15) is 0 Å². The van der Waals surface area contributed by atoms with Gasteiger partial charge < -0.3 is 63.0 Å². The van der Waals surface area contributed by atoms with Gasteiger partial charge in [-0.15, -0.1) is 0 Å². The van der Waals surface area contributed by atoms with Crippen LogP contribution in [0.15, 0.2) is 97.1 Å². The highest BCUT2D eigenvalue weighted by Crippen LogP contribution is 2.37. The largest absolute Gasteiger partial charge is 0.478 e. The molecule has 0 aliphatic heterocycles. The molecule has 0 aliphatic carbocycles. The number of hydrogen-bond acceptors (Lipinski definition) is 21. The molecule has 0 fully saturated rings. The summed E-state index contributed by atoms with van der Waals surface area (Å²) in [5.74, 6) is -14.0. The number of aromatic carboxylic acids is 1. The fourth-order valence-electron chi connectivity index (χ4n) is 8.31. The van der Waals surface area contributed by atoms with Crippen molar-refractivity contribution in [2.75, 3.05) is 39.3 Å². The van der Waals surface area contributed by atoms with Crippen LogP contribution in [0.1, 0.15) is 126 Å². The molecule has 86 heavy (non-hydrogen) atoms. The maximum absolute atomic E-state index is 15.1. The minimum absolute atomic E-state index is 0.0516. The summed E-state index contributed by atoms with van der Waals surface area (Å²) in [6, 6.07) is 21.3. The molecule has 0 atom stereocenters. The Kier molecular flexibility index (Phi) is 23.8. The van der Waals surface area contributed by atoms with Crippen LogP contribution in [-0.4, -0.2) is 136 Å². The smallest absolute Gasteiger partial charge is 0.335 e. The summed E-state index contributed by atoms with van der Waals surface area (Å²) < 4.78 is 42.6. The van der Waals surface area contributed by atoms with Gasteiger partial charge in [0, 0.05) is 101 Å². The molecule has 0 radical (unpaired) electrons. The number of ether oxygens (including phenoxy) is 8. The number of rotatable bonds is 26. The number of para-hydroxylation sites is 4. The maximum Gasteiger partial charge on any atom is 0.335 e. The Labute approximate surface area is 491 Å². The molecule has 452 valence electrons. The monoisotopic (exact) mass is 1190 g/mol. The molecular formula is C60H60N4O22. The fourth-order valence-corrected chi connectivity index (χ4v) is 8.31. The molecule has 26 heteroatoms. The highest BCUT2D eigenvalue weighted by Gasteiger charge is 2.31. The standard InChI is InChI=1S/C60H60N4O22/c1-34(65)79-48-19-9-15-44(52(48)83-38(5)69)56(73)61-27-13-28-62(57(74)45-16-10-20-49(80-35(2)66)53(45)84-39(6)70)31-32-63(58(75)46-17-11-21-50(81-36(3)67)54(46)85-40(7)71)29-14-30-64(33-42-23-25-43(26-24-42)60(77)78)59(76)47-18-12-22-51(82-37(4)68)55(47)86-41(8)72/h9-12,15-26H,13-14,27-33H2,1-8H3,(H,61,73)(H,77,78). The first kappa shape index (κ1) is 66.0. The number of amides is 4. The number of carbonyl (C=O) groups is 13. The average Bonchev–Trinajstić information content (AvgIpc) is 2.47. The van der Waals surface area contributed by atoms with E-state index in [0.717, 1.165) is 55.4 Å². The van der Waals surface area contributed by atoms with Crippen molar-refractivity contribution in [1.82, 2.24) is 20.0 Å². The molecule has 0 aromatic heterocycles. The summed E-state index contributed by atoms with van der Waals surface area (Å²) in [5, 5.41) is 12.3. The van der Waals surface area contributed by atoms with Crippen LogP contribution in [0.3, 0.4) is 0 Å². The van der Waals surface area contributed by atoms with Crippen LogP contribution < -0.4 is 43.2 Å². The Morgan fingerprint density at radius 1 is 0.360 bits per heavy atom. The zero-order valence-corrected chi connectivity index (χ0v) is 48.0. The van der Waals surface area contributed by atoms with Gasteiger partial charge in [-0.1, -0.05) is 36.4 Å². The Balaban J connectivity index is 1.60. The number of carbonyl (C=O) groups excluding carboxylic acids is 12. The minimum atomic E-state index is -1.22. The predicted octanol–water partition coefficient (Wildman–Crippen LogP) is 5.92. The van der Waals surface area contributed by atoms with Crippen LogP contribution in [0.5, 0.6) is 46.0 Å². The lowest BCUT2D eigenvalue weighted by Crippen LogP contribution is -2.43. The molecule has 0 bridgehead atoms. The highest BCUT2D eigenvalue weighted by atomic mass is 16.6. The van der Waals surface area contributed by atoms with Gasteiger partial charge in [0.15, 0.2) is 46.0 Å². The van der Waals surface area contributed by atoms with Crippen molar-refractivity contribution in [3.8, 4) is 46.0 Å². The van der Waals surface area contributed by atoms with Crippen LogP contribution in [0.2, 0.25) is 0 Å². The third-order valence-corrected chi connectivity index (χ3v) is 11.7. The summed E-state index contributed by atoms with van der Waals surface area (Å²) >= 11 is 0. The van der Waals surface area contributed by atoms with Crippen LogP contribution in [0.4, 0.5) is 0 Å². The molecule has 0 spiro atoms. The molecule has 0 saturated heterocycles. The first-order chi connectivity index (χ1) is 40.7. The van der Waals surface area contributed by atoms with E-state index in [1.165, 1.54) is 112 Å². The molecule has 5 aromatic rings. The van der Waals surface area contributed by atoms with Crippen molar-refractivity contribution in [2.45, 2.75) is 74.8 Å². The van der Waals surface area contributed by atoms with Gasteiger partial charge in [0.25, 0.3) is 23.6 Å². The molecule has 0 heterocycles. The normalized spacial score (nSPS) is 10.5. The summed E-state index contributed by atoms with van der Waals surface area (Å²) in [4.78, 5) is 172. The molecule has 0 aliphatic rings. The quantitative estimate of drug-likeness (QED) is 0.0368. The zero-order chi connectivity index (χ0) is 63.4. The van der Waals surface area contributed by atoms with Crippen molar-refractivity contribution in [3.05, 3.63) is 130 Å². The second-order valence-corrected chi connectivity index (χ2v) is 18.6. The Bertz CT molecular complexity index is 3470. The lowest BCUT2D eigenvalue weighted by Gasteiger charge is -2.30. The number of carboxylic acids is 1. The van der Waals surface area contributed by atoms with Crippen molar-refractivity contribution in [1.29, 1.82) is 0 Å². The molecule has 0 saturated carbocycles. The van der Waals surface area contributed by atoms with E-state index in [0.29, 0.717) is 5.56 Å². The van der Waals surface area contributed by atoms with Crippen LogP contribution >= 0.6 is 0 Å². The minimum Gasteiger partial charge on any atom is -0.478 e. The lowest BCUT2D eigenvalue weighted by molar-refractivity contribution is -0.134. The highest BCUT2D eigenvalue weighted by molar-refractivity contribution is 6.02. The van der Waals surface area contributed by atoms with Crippen LogP contribution in [-0.2, 0) is 44.9 Å². The van der Waals surface area contributed by atoms with Crippen LogP contribution in [0, 0.1) is 0 Å². The molecule has 0 unspecified atom stereocenters. The van der Waals surface area contributed by atoms with E-state index >= 15 is 4.79 Å². The number of nitrogens with one attached hydrogen (secondary N) is 1. The fraction of sp³-hybridized carbons (Fsp3) is 0.283. The molecule has 26 nitrogen and oxygen atoms in total. The van der Waals surface area contributed by atoms with Crippen molar-refractivity contribution in [3.63, 3.8) is 0 Å².